The second kappa shape index (κ2) is 8.31. The quantitative estimate of drug-likeness (QED) is 0.564. The van der Waals surface area contributed by atoms with Crippen molar-refractivity contribution in [3.8, 4) is 6.57 Å². The molecule has 112 valence electrons. The first-order valence-electron chi connectivity index (χ1n) is 6.35. The van der Waals surface area contributed by atoms with Crippen LogP contribution >= 0.6 is 0 Å². The molecule has 1 amide bonds. The highest BCUT2D eigenvalue weighted by Gasteiger charge is 2.28. The molecule has 0 saturated carbocycles. The molecule has 0 radical (unpaired) electrons. The normalized spacial score (nSPS) is 21.8. The summed E-state index contributed by atoms with van der Waals surface area (Å²) in [7, 11) is 1.54. The zero-order valence-electron chi connectivity index (χ0n) is 11.8. The number of nitrogens with one attached hydrogen (secondary N) is 3. The van der Waals surface area contributed by atoms with Crippen LogP contribution in [0.15, 0.2) is 5.10 Å². The molecule has 1 atom stereocenters. The van der Waals surface area contributed by atoms with Crippen molar-refractivity contribution in [2.45, 2.75) is 25.8 Å². The summed E-state index contributed by atoms with van der Waals surface area (Å²) in [6.07, 6.45) is 2.02. The molecule has 0 aromatic heterocycles. The maximum atomic E-state index is 11.5. The Hall–Kier alpha value is -1.89. The number of amidine groups is 1. The van der Waals surface area contributed by atoms with Gasteiger partial charge >= 0.3 is 0 Å². The van der Waals surface area contributed by atoms with Gasteiger partial charge in [0.2, 0.25) is 5.91 Å². The fourth-order valence-corrected chi connectivity index (χ4v) is 2.41. The molecule has 9 nitrogen and oxygen atoms in total. The van der Waals surface area contributed by atoms with Crippen molar-refractivity contribution in [2.75, 3.05) is 26.7 Å². The molecular formula is C11H21N7O2. The minimum Gasteiger partial charge on any atom is -0.294 e. The minimum absolute atomic E-state index is 0.0518. The summed E-state index contributed by atoms with van der Waals surface area (Å²) >= 11 is 0. The van der Waals surface area contributed by atoms with E-state index in [1.807, 2.05) is 0 Å². The summed E-state index contributed by atoms with van der Waals surface area (Å²) in [5.41, 5.74) is 8.26. The second-order valence-electron chi connectivity index (χ2n) is 4.48. The number of amides is 1. The predicted octanol–water partition coefficient (Wildman–Crippen LogP) is -1.07. The van der Waals surface area contributed by atoms with E-state index < -0.39 is 0 Å². The lowest BCUT2D eigenvalue weighted by Gasteiger charge is -2.37. The number of hydroxylamine groups is 2. The van der Waals surface area contributed by atoms with E-state index in [9.17, 15) is 4.79 Å². The highest BCUT2D eigenvalue weighted by Crippen LogP contribution is 2.16. The number of hydrogen-bond donors (Lipinski definition) is 3. The number of nitrogens with zero attached hydrogens (tertiary/aromatic N) is 4. The van der Waals surface area contributed by atoms with E-state index in [-0.39, 0.29) is 11.9 Å². The van der Waals surface area contributed by atoms with E-state index >= 15 is 0 Å². The number of piperidine rings is 1. The zero-order chi connectivity index (χ0) is 15.0. The molecule has 20 heavy (non-hydrogen) atoms. The number of hydrazine groups is 2. The molecule has 0 aromatic carbocycles. The van der Waals surface area contributed by atoms with Gasteiger partial charge in [-0.2, -0.15) is 0 Å². The number of rotatable bonds is 4. The molecular weight excluding hydrogens is 262 g/mol. The third kappa shape index (κ3) is 4.34. The van der Waals surface area contributed by atoms with Gasteiger partial charge in [-0.3, -0.25) is 20.0 Å². The van der Waals surface area contributed by atoms with Crippen molar-refractivity contribution in [2.24, 2.45) is 5.10 Å². The average Bonchev–Trinajstić information content (AvgIpc) is 2.95. The smallest absolute Gasteiger partial charge is 0.243 e. The van der Waals surface area contributed by atoms with Gasteiger partial charge in [0.05, 0.1) is 19.7 Å². The molecule has 1 fully saturated rings. The zero-order valence-corrected chi connectivity index (χ0v) is 11.8. The van der Waals surface area contributed by atoms with E-state index in [0.717, 1.165) is 38.3 Å². The molecule has 2 rings (SSSR count). The van der Waals surface area contributed by atoms with Crippen LogP contribution in [0.2, 0.25) is 0 Å². The fraction of sp³-hybridized carbons (Fsp3) is 0.727. The van der Waals surface area contributed by atoms with Crippen molar-refractivity contribution in [3.05, 3.63) is 0 Å². The Labute approximate surface area is 118 Å². The van der Waals surface area contributed by atoms with E-state index in [2.05, 4.69) is 33.1 Å². The lowest BCUT2D eigenvalue weighted by atomic mass is 10.1. The molecule has 0 aromatic rings. The number of hydrogen-bond acceptors (Lipinski definition) is 8. The first-order chi connectivity index (χ1) is 9.70. The fourth-order valence-electron chi connectivity index (χ4n) is 2.41. The lowest BCUT2D eigenvalue weighted by molar-refractivity contribution is -0.190. The molecule has 0 bridgehead atoms. The number of carbonyl (C=O) groups excluding carboxylic acids is 1. The Morgan fingerprint density at radius 2 is 2.40 bits per heavy atom. The van der Waals surface area contributed by atoms with Crippen LogP contribution in [-0.2, 0) is 9.63 Å². The number of likely N-dealkylation sites (tertiary alicyclic amines) is 1. The maximum Gasteiger partial charge on any atom is 0.243 e. The molecule has 1 saturated heterocycles. The average molecular weight is 283 g/mol. The molecule has 9 heteroatoms. The summed E-state index contributed by atoms with van der Waals surface area (Å²) in [5.74, 6) is 0.798. The minimum atomic E-state index is -0.0518. The van der Waals surface area contributed by atoms with E-state index in [4.69, 9.17) is 10.1 Å². The van der Waals surface area contributed by atoms with Crippen molar-refractivity contribution in [1.29, 1.82) is 5.26 Å². The first-order valence-corrected chi connectivity index (χ1v) is 6.35. The Balaban J connectivity index is 0.000000956. The van der Waals surface area contributed by atoms with Crippen LogP contribution in [0.25, 0.3) is 0 Å². The Morgan fingerprint density at radius 3 is 2.95 bits per heavy atom. The highest BCUT2D eigenvalue weighted by molar-refractivity contribution is 5.84. The maximum absolute atomic E-state index is 11.5. The van der Waals surface area contributed by atoms with Gasteiger partial charge in [-0.1, -0.05) is 0 Å². The van der Waals surface area contributed by atoms with Crippen LogP contribution in [0, 0.1) is 11.8 Å². The van der Waals surface area contributed by atoms with E-state index in [1.54, 1.807) is 0 Å². The summed E-state index contributed by atoms with van der Waals surface area (Å²) < 4.78 is 0. The van der Waals surface area contributed by atoms with Crippen molar-refractivity contribution in [3.63, 3.8) is 0 Å². The largest absolute Gasteiger partial charge is 0.294 e. The van der Waals surface area contributed by atoms with Gasteiger partial charge in [0, 0.05) is 20.0 Å². The Morgan fingerprint density at radius 1 is 1.65 bits per heavy atom. The molecule has 0 aliphatic carbocycles. The highest BCUT2D eigenvalue weighted by atomic mass is 16.7. The van der Waals surface area contributed by atoms with Crippen LogP contribution in [0.3, 0.4) is 0 Å². The van der Waals surface area contributed by atoms with E-state index in [0.29, 0.717) is 0 Å². The van der Waals surface area contributed by atoms with Crippen LogP contribution < -0.4 is 16.5 Å². The lowest BCUT2D eigenvalue weighted by Crippen LogP contribution is -2.51. The number of hydrazone groups is 1. The molecule has 3 N–H and O–H groups in total. The van der Waals surface area contributed by atoms with Crippen LogP contribution in [-0.4, -0.2) is 54.5 Å². The van der Waals surface area contributed by atoms with Crippen LogP contribution in [0.4, 0.5) is 0 Å². The number of carbonyl (C=O) groups is 1. The van der Waals surface area contributed by atoms with Crippen molar-refractivity contribution < 1.29 is 9.63 Å². The number of nitriles is 1. The Kier molecular flexibility index (Phi) is 6.72. The van der Waals surface area contributed by atoms with Crippen molar-refractivity contribution in [1.82, 2.24) is 26.5 Å². The molecule has 2 aliphatic rings. The van der Waals surface area contributed by atoms with Crippen LogP contribution in [0.5, 0.6) is 0 Å². The van der Waals surface area contributed by atoms with Gasteiger partial charge in [0.15, 0.2) is 5.84 Å². The summed E-state index contributed by atoms with van der Waals surface area (Å²) in [5, 5.41) is 12.0. The van der Waals surface area contributed by atoms with Crippen molar-refractivity contribution >= 4 is 11.7 Å². The van der Waals surface area contributed by atoms with Gasteiger partial charge in [-0.15, -0.1) is 10.6 Å². The third-order valence-electron chi connectivity index (χ3n) is 3.15. The molecule has 2 aliphatic heterocycles. The van der Waals surface area contributed by atoms with Crippen LogP contribution in [0.1, 0.15) is 19.8 Å². The molecule has 1 unspecified atom stereocenters. The van der Waals surface area contributed by atoms with Gasteiger partial charge in [0.25, 0.3) is 0 Å². The summed E-state index contributed by atoms with van der Waals surface area (Å²) in [4.78, 5) is 18.9. The van der Waals surface area contributed by atoms with Gasteiger partial charge in [-0.25, -0.2) is 15.9 Å². The second-order valence-corrected chi connectivity index (χ2v) is 4.48. The van der Waals surface area contributed by atoms with Gasteiger partial charge < -0.3 is 0 Å². The summed E-state index contributed by atoms with van der Waals surface area (Å²) in [6, 6.07) is 0.115. The monoisotopic (exact) mass is 283 g/mol. The third-order valence-corrected chi connectivity index (χ3v) is 3.15. The topological polar surface area (TPSA) is 105 Å². The van der Waals surface area contributed by atoms with Gasteiger partial charge in [0.1, 0.15) is 0 Å². The molecule has 0 spiro atoms. The summed E-state index contributed by atoms with van der Waals surface area (Å²) in [6.45, 7) is 7.56. The molecule has 2 heterocycles. The SMILES string of the molecule is C#N.CON(C(C)=O)C1CCCN(CC2=NNNN2)C1. The van der Waals surface area contributed by atoms with Gasteiger partial charge in [-0.05, 0) is 19.4 Å². The van der Waals surface area contributed by atoms with E-state index in [1.165, 1.54) is 19.1 Å². The first kappa shape index (κ1) is 16.2. The standard InChI is InChI=1S/C10H20N6O2.CHN/c1-8(17)16(18-2)9-4-3-5-15(6-9)7-10-11-13-14-12-10;1-2/h9,13-14H,3-7H2,1-2H3,(H,11,12);1H. The Bertz CT molecular complexity index is 371. The predicted molar refractivity (Wildman–Crippen MR) is 72.5 cm³/mol.